The molecular formula is C14H17N3O3. The molecule has 0 spiro atoms. The Balaban J connectivity index is 1.69. The van der Waals surface area contributed by atoms with E-state index in [9.17, 15) is 5.11 Å². The van der Waals surface area contributed by atoms with Gasteiger partial charge >= 0.3 is 0 Å². The Kier molecular flexibility index (Phi) is 3.66. The highest BCUT2D eigenvalue weighted by atomic mass is 16.5. The molecule has 1 saturated heterocycles. The molecule has 106 valence electrons. The Morgan fingerprint density at radius 1 is 1.35 bits per heavy atom. The number of aliphatic hydroxyl groups excluding tert-OH is 1. The molecule has 1 aliphatic heterocycles. The van der Waals surface area contributed by atoms with Crippen molar-refractivity contribution in [1.29, 1.82) is 0 Å². The van der Waals surface area contributed by atoms with E-state index in [-0.39, 0.29) is 6.10 Å². The number of aliphatic hydroxyl groups is 1. The highest BCUT2D eigenvalue weighted by Crippen LogP contribution is 2.22. The lowest BCUT2D eigenvalue weighted by atomic mass is 10.2. The zero-order valence-corrected chi connectivity index (χ0v) is 11.3. The van der Waals surface area contributed by atoms with Crippen molar-refractivity contribution in [3.8, 4) is 17.2 Å². The Hall–Kier alpha value is -1.92. The lowest BCUT2D eigenvalue weighted by molar-refractivity contribution is 0.171. The number of methoxy groups -OCH3 is 1. The summed E-state index contributed by atoms with van der Waals surface area (Å²) in [5, 5.41) is 17.6. The lowest BCUT2D eigenvalue weighted by Crippen LogP contribution is -2.21. The monoisotopic (exact) mass is 275 g/mol. The lowest BCUT2D eigenvalue weighted by Gasteiger charge is -2.10. The molecule has 0 saturated carbocycles. The van der Waals surface area contributed by atoms with Crippen molar-refractivity contribution in [3.63, 3.8) is 0 Å². The van der Waals surface area contributed by atoms with E-state index < -0.39 is 0 Å². The number of hydrogen-bond acceptors (Lipinski definition) is 6. The van der Waals surface area contributed by atoms with Crippen molar-refractivity contribution in [2.45, 2.75) is 19.1 Å². The van der Waals surface area contributed by atoms with Gasteiger partial charge in [-0.3, -0.25) is 4.90 Å². The molecule has 2 heterocycles. The van der Waals surface area contributed by atoms with Gasteiger partial charge in [0.25, 0.3) is 0 Å². The first-order valence-corrected chi connectivity index (χ1v) is 6.62. The molecule has 1 atom stereocenters. The second kappa shape index (κ2) is 5.60. The van der Waals surface area contributed by atoms with Gasteiger partial charge < -0.3 is 14.3 Å². The molecule has 2 aromatic rings. The van der Waals surface area contributed by atoms with Crippen LogP contribution in [0.2, 0.25) is 0 Å². The van der Waals surface area contributed by atoms with Gasteiger partial charge in [0, 0.05) is 18.7 Å². The van der Waals surface area contributed by atoms with Crippen LogP contribution in [0.25, 0.3) is 11.5 Å². The second-order valence-electron chi connectivity index (χ2n) is 4.91. The van der Waals surface area contributed by atoms with Crippen molar-refractivity contribution in [1.82, 2.24) is 15.1 Å². The molecule has 0 bridgehead atoms. The summed E-state index contributed by atoms with van der Waals surface area (Å²) in [5.41, 5.74) is 0.867. The van der Waals surface area contributed by atoms with Gasteiger partial charge in [-0.2, -0.15) is 0 Å². The third-order valence-electron chi connectivity index (χ3n) is 3.41. The first-order chi connectivity index (χ1) is 9.74. The Bertz CT molecular complexity index is 567. The normalized spacial score (nSPS) is 19.4. The van der Waals surface area contributed by atoms with Crippen LogP contribution in [0.3, 0.4) is 0 Å². The zero-order chi connectivity index (χ0) is 13.9. The van der Waals surface area contributed by atoms with Gasteiger partial charge in [0.05, 0.1) is 19.8 Å². The fraction of sp³-hybridized carbons (Fsp3) is 0.429. The van der Waals surface area contributed by atoms with E-state index in [1.165, 1.54) is 0 Å². The Morgan fingerprint density at radius 3 is 2.80 bits per heavy atom. The predicted molar refractivity (Wildman–Crippen MR) is 72.2 cm³/mol. The summed E-state index contributed by atoms with van der Waals surface area (Å²) in [4.78, 5) is 2.11. The minimum Gasteiger partial charge on any atom is -0.497 e. The minimum atomic E-state index is -0.237. The van der Waals surface area contributed by atoms with Crippen molar-refractivity contribution in [2.24, 2.45) is 0 Å². The van der Waals surface area contributed by atoms with Crippen LogP contribution >= 0.6 is 0 Å². The highest BCUT2D eigenvalue weighted by Gasteiger charge is 2.22. The summed E-state index contributed by atoms with van der Waals surface area (Å²) in [7, 11) is 1.63. The molecule has 3 rings (SSSR count). The van der Waals surface area contributed by atoms with Gasteiger partial charge in [-0.15, -0.1) is 10.2 Å². The average molecular weight is 275 g/mol. The topological polar surface area (TPSA) is 71.6 Å². The zero-order valence-electron chi connectivity index (χ0n) is 11.3. The molecule has 0 unspecified atom stereocenters. The van der Waals surface area contributed by atoms with E-state index in [1.54, 1.807) is 7.11 Å². The van der Waals surface area contributed by atoms with Gasteiger partial charge in [-0.25, -0.2) is 0 Å². The molecule has 1 aromatic heterocycles. The number of rotatable bonds is 4. The fourth-order valence-corrected chi connectivity index (χ4v) is 2.31. The molecular weight excluding hydrogens is 258 g/mol. The third kappa shape index (κ3) is 2.81. The molecule has 1 N–H and O–H groups in total. The first-order valence-electron chi connectivity index (χ1n) is 6.62. The molecule has 1 fully saturated rings. The van der Waals surface area contributed by atoms with Crippen molar-refractivity contribution < 1.29 is 14.3 Å². The number of likely N-dealkylation sites (tertiary alicyclic amines) is 1. The number of ether oxygens (including phenoxy) is 1. The Labute approximate surface area is 117 Å². The smallest absolute Gasteiger partial charge is 0.247 e. The van der Waals surface area contributed by atoms with Crippen LogP contribution in [-0.4, -0.2) is 46.5 Å². The molecule has 0 radical (unpaired) electrons. The van der Waals surface area contributed by atoms with E-state index in [1.807, 2.05) is 24.3 Å². The largest absolute Gasteiger partial charge is 0.497 e. The number of β-amino-alcohol motifs (C(OH)–C–C–N with tert-alkyl or cyclic N) is 1. The molecule has 20 heavy (non-hydrogen) atoms. The number of hydrogen-bond donors (Lipinski definition) is 1. The number of nitrogens with zero attached hydrogens (tertiary/aromatic N) is 3. The minimum absolute atomic E-state index is 0.237. The molecule has 0 amide bonds. The standard InChI is InChI=1S/C14H17N3O3/c1-19-12-4-2-10(3-5-12)14-16-15-13(20-14)9-17-7-6-11(18)8-17/h2-5,11,18H,6-9H2,1H3/t11-/m0/s1. The van der Waals surface area contributed by atoms with E-state index in [0.717, 1.165) is 24.3 Å². The van der Waals surface area contributed by atoms with Crippen LogP contribution < -0.4 is 4.74 Å². The molecule has 6 nitrogen and oxygen atoms in total. The summed E-state index contributed by atoms with van der Waals surface area (Å²) >= 11 is 0. The van der Waals surface area contributed by atoms with E-state index in [4.69, 9.17) is 9.15 Å². The fourth-order valence-electron chi connectivity index (χ4n) is 2.31. The van der Waals surface area contributed by atoms with Gasteiger partial charge in [-0.05, 0) is 30.7 Å². The van der Waals surface area contributed by atoms with Crippen LogP contribution in [0.5, 0.6) is 5.75 Å². The SMILES string of the molecule is COc1ccc(-c2nnc(CN3CC[C@H](O)C3)o2)cc1. The molecule has 1 aliphatic rings. The van der Waals surface area contributed by atoms with Crippen LogP contribution in [0.1, 0.15) is 12.3 Å². The maximum absolute atomic E-state index is 9.49. The average Bonchev–Trinajstić information content (AvgIpc) is 3.09. The molecule has 1 aromatic carbocycles. The molecule has 0 aliphatic carbocycles. The van der Waals surface area contributed by atoms with Crippen molar-refractivity contribution in [2.75, 3.05) is 20.2 Å². The van der Waals surface area contributed by atoms with Crippen LogP contribution in [0.15, 0.2) is 28.7 Å². The second-order valence-corrected chi connectivity index (χ2v) is 4.91. The van der Waals surface area contributed by atoms with E-state index >= 15 is 0 Å². The summed E-state index contributed by atoms with van der Waals surface area (Å²) in [6.45, 7) is 2.11. The predicted octanol–water partition coefficient (Wildman–Crippen LogP) is 1.31. The number of aromatic nitrogens is 2. The van der Waals surface area contributed by atoms with Gasteiger partial charge in [0.1, 0.15) is 5.75 Å². The first kappa shape index (κ1) is 13.1. The van der Waals surface area contributed by atoms with Crippen molar-refractivity contribution >= 4 is 0 Å². The number of benzene rings is 1. The van der Waals surface area contributed by atoms with E-state index in [2.05, 4.69) is 15.1 Å². The highest BCUT2D eigenvalue weighted by molar-refractivity contribution is 5.53. The Morgan fingerprint density at radius 2 is 2.15 bits per heavy atom. The quantitative estimate of drug-likeness (QED) is 0.907. The maximum atomic E-state index is 9.49. The van der Waals surface area contributed by atoms with Gasteiger partial charge in [-0.1, -0.05) is 0 Å². The third-order valence-corrected chi connectivity index (χ3v) is 3.41. The maximum Gasteiger partial charge on any atom is 0.247 e. The van der Waals surface area contributed by atoms with E-state index in [0.29, 0.717) is 24.9 Å². The van der Waals surface area contributed by atoms with Gasteiger partial charge in [0.2, 0.25) is 11.8 Å². The summed E-state index contributed by atoms with van der Waals surface area (Å²) in [6.07, 6.45) is 0.568. The van der Waals surface area contributed by atoms with Crippen LogP contribution in [-0.2, 0) is 6.54 Å². The van der Waals surface area contributed by atoms with Gasteiger partial charge in [0.15, 0.2) is 0 Å². The van der Waals surface area contributed by atoms with Crippen molar-refractivity contribution in [3.05, 3.63) is 30.2 Å². The molecule has 6 heteroatoms. The summed E-state index contributed by atoms with van der Waals surface area (Å²) in [6, 6.07) is 7.48. The summed E-state index contributed by atoms with van der Waals surface area (Å²) in [5.74, 6) is 1.87. The summed E-state index contributed by atoms with van der Waals surface area (Å²) < 4.78 is 10.8. The van der Waals surface area contributed by atoms with Crippen LogP contribution in [0, 0.1) is 0 Å². The van der Waals surface area contributed by atoms with Crippen LogP contribution in [0.4, 0.5) is 0 Å².